The average Bonchev–Trinajstić information content (AvgIpc) is 3.76. The minimum Gasteiger partial charge on any atom is -0.479 e. The zero-order chi connectivity index (χ0) is 40.7. The molecule has 8 nitrogen and oxygen atoms in total. The number of ether oxygens (including phenoxy) is 2. The van der Waals surface area contributed by atoms with Crippen LogP contribution in [0.1, 0.15) is 113 Å². The Bertz CT molecular complexity index is 1870. The fourth-order valence-electron chi connectivity index (χ4n) is 6.15. The highest BCUT2D eigenvalue weighted by molar-refractivity contribution is 14.1. The monoisotopic (exact) mass is 892 g/mol. The lowest BCUT2D eigenvalue weighted by molar-refractivity contribution is -0.163. The molecule has 0 aliphatic heterocycles. The maximum atomic E-state index is 13.1. The molecule has 2 aromatic heterocycles. The third-order valence-electron chi connectivity index (χ3n) is 9.18. The van der Waals surface area contributed by atoms with Gasteiger partial charge in [-0.25, -0.2) is 14.8 Å². The van der Waals surface area contributed by atoms with Crippen molar-refractivity contribution in [2.45, 2.75) is 108 Å². The lowest BCUT2D eigenvalue weighted by atomic mass is 9.82. The normalized spacial score (nSPS) is 16.7. The topological polar surface area (TPSA) is 108 Å². The van der Waals surface area contributed by atoms with Crippen LogP contribution in [-0.4, -0.2) is 39.9 Å². The second kappa shape index (κ2) is 18.7. The Kier molecular flexibility index (Phi) is 15.0. The molecule has 0 spiro atoms. The first-order chi connectivity index (χ1) is 25.7. The van der Waals surface area contributed by atoms with Crippen LogP contribution in [0.25, 0.3) is 22.9 Å². The van der Waals surface area contributed by atoms with E-state index in [2.05, 4.69) is 32.6 Å². The highest BCUT2D eigenvalue weighted by atomic mass is 127. The van der Waals surface area contributed by atoms with Crippen LogP contribution in [0.3, 0.4) is 0 Å². The number of hydrogen-bond donors (Lipinski definition) is 1. The second-order valence-electron chi connectivity index (χ2n) is 14.8. The van der Waals surface area contributed by atoms with Gasteiger partial charge in [0.05, 0.1) is 30.0 Å². The van der Waals surface area contributed by atoms with E-state index in [4.69, 9.17) is 18.3 Å². The minimum atomic E-state index is -4.44. The van der Waals surface area contributed by atoms with Gasteiger partial charge in [0, 0.05) is 34.0 Å². The highest BCUT2D eigenvalue weighted by Crippen LogP contribution is 2.36. The summed E-state index contributed by atoms with van der Waals surface area (Å²) in [5, 5.41) is 9.22. The lowest BCUT2D eigenvalue weighted by Gasteiger charge is -2.31. The van der Waals surface area contributed by atoms with Crippen molar-refractivity contribution in [1.29, 1.82) is 0 Å². The molecule has 2 aromatic carbocycles. The van der Waals surface area contributed by atoms with E-state index < -0.39 is 35.0 Å². The van der Waals surface area contributed by atoms with Gasteiger partial charge in [-0.1, -0.05) is 68.8 Å². The molecule has 1 aliphatic rings. The Hall–Kier alpha value is -3.44. The Morgan fingerprint density at radius 1 is 0.818 bits per heavy atom. The van der Waals surface area contributed by atoms with Gasteiger partial charge >= 0.3 is 18.3 Å². The number of alkyl halides is 7. The summed E-state index contributed by atoms with van der Waals surface area (Å²) < 4.78 is 101. The van der Waals surface area contributed by atoms with Crippen molar-refractivity contribution in [2.24, 2.45) is 11.8 Å². The summed E-state index contributed by atoms with van der Waals surface area (Å²) in [6, 6.07) is 9.98. The SMILES string of the molecule is CC(C)c1oc(-c2cccc(C(F)(F)F)c2)nc1CI.CC(C)c1oc(-c2cccc(C(F)(F)F)c2)nc1COC[C@H]1CCC[C@@H](COC(C)(C)C(=O)O)C1. The van der Waals surface area contributed by atoms with Crippen molar-refractivity contribution < 1.29 is 54.6 Å². The number of nitrogens with zero attached hydrogens (tertiary/aromatic N) is 2. The number of oxazole rings is 2. The first kappa shape index (κ1) is 44.3. The molecule has 0 saturated heterocycles. The fourth-order valence-corrected chi connectivity index (χ4v) is 6.69. The van der Waals surface area contributed by atoms with E-state index in [0.717, 1.165) is 61.4 Å². The molecule has 2 heterocycles. The van der Waals surface area contributed by atoms with Crippen molar-refractivity contribution in [3.8, 4) is 22.9 Å². The third-order valence-corrected chi connectivity index (χ3v) is 9.91. The Labute approximate surface area is 330 Å². The Morgan fingerprint density at radius 2 is 1.29 bits per heavy atom. The molecular weight excluding hydrogens is 845 g/mol. The smallest absolute Gasteiger partial charge is 0.416 e. The molecule has 1 N–H and O–H groups in total. The lowest BCUT2D eigenvalue weighted by Crippen LogP contribution is -2.37. The molecule has 55 heavy (non-hydrogen) atoms. The van der Waals surface area contributed by atoms with E-state index >= 15 is 0 Å². The van der Waals surface area contributed by atoms with Crippen LogP contribution in [0, 0.1) is 11.8 Å². The van der Waals surface area contributed by atoms with Gasteiger partial charge in [0.15, 0.2) is 5.60 Å². The van der Waals surface area contributed by atoms with Crippen LogP contribution in [0.15, 0.2) is 57.4 Å². The predicted octanol–water partition coefficient (Wildman–Crippen LogP) is 12.1. The molecule has 15 heteroatoms. The zero-order valence-electron chi connectivity index (χ0n) is 31.6. The number of benzene rings is 2. The third kappa shape index (κ3) is 12.3. The Balaban J connectivity index is 0.000000284. The van der Waals surface area contributed by atoms with Crippen LogP contribution in [0.2, 0.25) is 0 Å². The number of carboxylic acids is 1. The molecule has 1 saturated carbocycles. The van der Waals surface area contributed by atoms with Crippen molar-refractivity contribution in [3.63, 3.8) is 0 Å². The van der Waals surface area contributed by atoms with Crippen LogP contribution in [0.5, 0.6) is 0 Å². The first-order valence-electron chi connectivity index (χ1n) is 18.0. The van der Waals surface area contributed by atoms with Gasteiger partial charge in [0.2, 0.25) is 11.8 Å². The molecule has 2 atom stereocenters. The molecule has 5 rings (SSSR count). The van der Waals surface area contributed by atoms with Gasteiger partial charge in [-0.3, -0.25) is 0 Å². The molecule has 1 fully saturated rings. The minimum absolute atomic E-state index is 0.00514. The number of rotatable bonds is 13. The summed E-state index contributed by atoms with van der Waals surface area (Å²) in [7, 11) is 0. The second-order valence-corrected chi connectivity index (χ2v) is 15.6. The first-order valence-corrected chi connectivity index (χ1v) is 19.6. The molecule has 1 aliphatic carbocycles. The molecule has 0 unspecified atom stereocenters. The summed E-state index contributed by atoms with van der Waals surface area (Å²) in [4.78, 5) is 20.0. The zero-order valence-corrected chi connectivity index (χ0v) is 33.8. The van der Waals surface area contributed by atoms with Gasteiger partial charge in [0.25, 0.3) is 0 Å². The Morgan fingerprint density at radius 3 is 1.73 bits per heavy atom. The summed E-state index contributed by atoms with van der Waals surface area (Å²) in [6.45, 7) is 12.0. The average molecular weight is 893 g/mol. The summed E-state index contributed by atoms with van der Waals surface area (Å²) in [5.74, 6) is 1.48. The van der Waals surface area contributed by atoms with Gasteiger partial charge < -0.3 is 23.4 Å². The van der Waals surface area contributed by atoms with E-state index in [0.29, 0.717) is 40.6 Å². The quantitative estimate of drug-likeness (QED) is 0.0803. The van der Waals surface area contributed by atoms with Crippen molar-refractivity contribution >= 4 is 28.6 Å². The van der Waals surface area contributed by atoms with Gasteiger partial charge in [-0.15, -0.1) is 0 Å². The van der Waals surface area contributed by atoms with Gasteiger partial charge in [0.1, 0.15) is 17.2 Å². The summed E-state index contributed by atoms with van der Waals surface area (Å²) in [6.07, 6.45) is -4.88. The van der Waals surface area contributed by atoms with Crippen LogP contribution < -0.4 is 0 Å². The summed E-state index contributed by atoms with van der Waals surface area (Å²) in [5.41, 5.74) is -0.666. The van der Waals surface area contributed by atoms with Crippen molar-refractivity contribution in [3.05, 3.63) is 82.6 Å². The van der Waals surface area contributed by atoms with E-state index in [1.807, 2.05) is 27.7 Å². The number of carbonyl (C=O) groups is 1. The number of aliphatic carboxylic acids is 1. The number of halogens is 7. The van der Waals surface area contributed by atoms with Crippen LogP contribution >= 0.6 is 22.6 Å². The maximum Gasteiger partial charge on any atom is 0.416 e. The molecule has 4 aromatic rings. The number of carboxylic acid groups (broad SMARTS) is 1. The standard InChI is InChI=1S/C26H34F3NO5.C14H13F3INO/c1-16(2)22-21(30-23(35-22)19-9-6-10-20(12-19)26(27,28)29)15-33-13-17-7-5-8-18(11-17)14-34-25(3,4)24(31)32;1-8(2)12-11(7-18)19-13(20-12)9-4-3-5-10(6-9)14(15,16)17/h6,9-10,12,16-18H,5,7-8,11,13-15H2,1-4H3,(H,31,32);3-6,8H,7H2,1-2H3/t17-,18+;/m0./s1. The predicted molar refractivity (Wildman–Crippen MR) is 203 cm³/mol. The number of aromatic nitrogens is 2. The maximum absolute atomic E-state index is 13.1. The van der Waals surface area contributed by atoms with Crippen molar-refractivity contribution in [1.82, 2.24) is 9.97 Å². The van der Waals surface area contributed by atoms with E-state index in [-0.39, 0.29) is 41.7 Å². The highest BCUT2D eigenvalue weighted by Gasteiger charge is 2.33. The summed E-state index contributed by atoms with van der Waals surface area (Å²) >= 11 is 2.16. The number of hydrogen-bond acceptors (Lipinski definition) is 7. The van der Waals surface area contributed by atoms with Crippen LogP contribution in [-0.2, 0) is 37.7 Å². The van der Waals surface area contributed by atoms with Crippen molar-refractivity contribution in [2.75, 3.05) is 13.2 Å². The van der Waals surface area contributed by atoms with Crippen LogP contribution in [0.4, 0.5) is 26.3 Å². The van der Waals surface area contributed by atoms with E-state index in [9.17, 15) is 36.2 Å². The van der Waals surface area contributed by atoms with E-state index in [1.54, 1.807) is 26.0 Å². The molecular formula is C40H47F6IN2O6. The largest absolute Gasteiger partial charge is 0.479 e. The van der Waals surface area contributed by atoms with Gasteiger partial charge in [-0.05, 0) is 81.3 Å². The van der Waals surface area contributed by atoms with E-state index in [1.165, 1.54) is 12.1 Å². The molecule has 0 bridgehead atoms. The molecule has 0 radical (unpaired) electrons. The molecule has 302 valence electrons. The fraction of sp³-hybridized carbons (Fsp3) is 0.525. The van der Waals surface area contributed by atoms with Gasteiger partial charge in [-0.2, -0.15) is 26.3 Å². The molecule has 0 amide bonds.